The summed E-state index contributed by atoms with van der Waals surface area (Å²) in [6, 6.07) is 10.2. The molecule has 2 aliphatic rings. The first-order valence-corrected chi connectivity index (χ1v) is 9.70. The number of carbonyl (C=O) groups excluding carboxylic acids is 2. The first kappa shape index (κ1) is 17.8. The molecule has 0 bridgehead atoms. The van der Waals surface area contributed by atoms with Crippen molar-refractivity contribution in [2.45, 2.75) is 39.2 Å². The Balaban J connectivity index is 1.58. The molecule has 27 heavy (non-hydrogen) atoms. The number of aromatic nitrogens is 2. The lowest BCUT2D eigenvalue weighted by molar-refractivity contribution is -0.130. The highest BCUT2D eigenvalue weighted by molar-refractivity contribution is 5.97. The quantitative estimate of drug-likeness (QED) is 0.835. The molecule has 0 unspecified atom stereocenters. The maximum absolute atomic E-state index is 13.3. The van der Waals surface area contributed by atoms with Gasteiger partial charge in [0, 0.05) is 44.7 Å². The molecule has 1 aromatic carbocycles. The third-order valence-electron chi connectivity index (χ3n) is 5.60. The molecule has 2 amide bonds. The van der Waals surface area contributed by atoms with Crippen molar-refractivity contribution in [3.8, 4) is 0 Å². The van der Waals surface area contributed by atoms with Crippen LogP contribution >= 0.6 is 0 Å². The lowest BCUT2D eigenvalue weighted by Crippen LogP contribution is -2.50. The molecule has 1 saturated heterocycles. The topological polar surface area (TPSA) is 58.4 Å². The highest BCUT2D eigenvalue weighted by Crippen LogP contribution is 2.42. The van der Waals surface area contributed by atoms with Gasteiger partial charge in [0.25, 0.3) is 5.91 Å². The van der Waals surface area contributed by atoms with Gasteiger partial charge in [-0.05, 0) is 25.3 Å². The second-order valence-electron chi connectivity index (χ2n) is 7.56. The zero-order chi connectivity index (χ0) is 19.0. The van der Waals surface area contributed by atoms with E-state index in [1.54, 1.807) is 11.8 Å². The summed E-state index contributed by atoms with van der Waals surface area (Å²) >= 11 is 0. The molecule has 2 heterocycles. The van der Waals surface area contributed by atoms with E-state index < -0.39 is 0 Å². The standard InChI is InChI=1S/C21H26N4O2/c1-15-19(21(27)24-12-10-23(11-13-24)16(2)26)20(18-8-9-18)22-25(15)14-17-6-4-3-5-7-17/h3-7,18H,8-14H2,1-2H3. The van der Waals surface area contributed by atoms with Crippen LogP contribution in [-0.4, -0.2) is 57.6 Å². The molecule has 1 saturated carbocycles. The van der Waals surface area contributed by atoms with Crippen molar-refractivity contribution in [3.05, 3.63) is 52.8 Å². The molecule has 0 N–H and O–H groups in total. The van der Waals surface area contributed by atoms with Crippen molar-refractivity contribution >= 4 is 11.8 Å². The van der Waals surface area contributed by atoms with Crippen LogP contribution in [0.2, 0.25) is 0 Å². The van der Waals surface area contributed by atoms with E-state index in [-0.39, 0.29) is 11.8 Å². The van der Waals surface area contributed by atoms with E-state index in [9.17, 15) is 9.59 Å². The Bertz CT molecular complexity index is 847. The number of carbonyl (C=O) groups is 2. The Hall–Kier alpha value is -2.63. The first-order chi connectivity index (χ1) is 13.0. The van der Waals surface area contributed by atoms with Gasteiger partial charge in [-0.1, -0.05) is 30.3 Å². The Labute approximate surface area is 159 Å². The number of hydrogen-bond donors (Lipinski definition) is 0. The molecule has 2 fully saturated rings. The van der Waals surface area contributed by atoms with Crippen LogP contribution in [-0.2, 0) is 11.3 Å². The average molecular weight is 366 g/mol. The molecular weight excluding hydrogens is 340 g/mol. The fourth-order valence-corrected chi connectivity index (χ4v) is 3.77. The Morgan fingerprint density at radius 1 is 1.04 bits per heavy atom. The smallest absolute Gasteiger partial charge is 0.257 e. The van der Waals surface area contributed by atoms with E-state index in [1.807, 2.05) is 34.7 Å². The number of rotatable bonds is 4. The summed E-state index contributed by atoms with van der Waals surface area (Å²) in [5.41, 5.74) is 3.87. The van der Waals surface area contributed by atoms with Gasteiger partial charge in [0.15, 0.2) is 0 Å². The van der Waals surface area contributed by atoms with Crippen LogP contribution in [0.5, 0.6) is 0 Å². The van der Waals surface area contributed by atoms with E-state index in [4.69, 9.17) is 5.10 Å². The third kappa shape index (κ3) is 3.61. The maximum atomic E-state index is 13.3. The van der Waals surface area contributed by atoms with Gasteiger partial charge >= 0.3 is 0 Å². The van der Waals surface area contributed by atoms with Crippen LogP contribution in [0.4, 0.5) is 0 Å². The van der Waals surface area contributed by atoms with Crippen molar-refractivity contribution in [2.24, 2.45) is 0 Å². The zero-order valence-electron chi connectivity index (χ0n) is 16.0. The largest absolute Gasteiger partial charge is 0.339 e. The van der Waals surface area contributed by atoms with E-state index in [0.717, 1.165) is 29.8 Å². The molecule has 2 aromatic rings. The van der Waals surface area contributed by atoms with Crippen molar-refractivity contribution in [1.29, 1.82) is 0 Å². The van der Waals surface area contributed by atoms with Crippen molar-refractivity contribution < 1.29 is 9.59 Å². The fourth-order valence-electron chi connectivity index (χ4n) is 3.77. The second kappa shape index (κ2) is 7.18. The van der Waals surface area contributed by atoms with Gasteiger partial charge in [0.1, 0.15) is 0 Å². The summed E-state index contributed by atoms with van der Waals surface area (Å²) in [5.74, 6) is 0.558. The van der Waals surface area contributed by atoms with Gasteiger partial charge in [-0.15, -0.1) is 0 Å². The minimum Gasteiger partial charge on any atom is -0.339 e. The maximum Gasteiger partial charge on any atom is 0.257 e. The third-order valence-corrected chi connectivity index (χ3v) is 5.60. The highest BCUT2D eigenvalue weighted by Gasteiger charge is 2.35. The first-order valence-electron chi connectivity index (χ1n) is 9.70. The number of piperazine rings is 1. The number of hydrogen-bond acceptors (Lipinski definition) is 3. The lowest BCUT2D eigenvalue weighted by Gasteiger charge is -2.34. The Morgan fingerprint density at radius 2 is 1.67 bits per heavy atom. The van der Waals surface area contributed by atoms with Gasteiger partial charge in [0.2, 0.25) is 5.91 Å². The van der Waals surface area contributed by atoms with Gasteiger partial charge < -0.3 is 9.80 Å². The summed E-state index contributed by atoms with van der Waals surface area (Å²) in [5, 5.41) is 4.83. The summed E-state index contributed by atoms with van der Waals surface area (Å²) in [4.78, 5) is 28.5. The van der Waals surface area contributed by atoms with Gasteiger partial charge in [-0.3, -0.25) is 14.3 Å². The van der Waals surface area contributed by atoms with Crippen LogP contribution in [0.25, 0.3) is 0 Å². The Morgan fingerprint density at radius 3 is 2.26 bits per heavy atom. The fraction of sp³-hybridized carbons (Fsp3) is 0.476. The van der Waals surface area contributed by atoms with Crippen LogP contribution < -0.4 is 0 Å². The minimum absolute atomic E-state index is 0.0666. The van der Waals surface area contributed by atoms with Gasteiger partial charge in [-0.2, -0.15) is 5.10 Å². The molecule has 1 aromatic heterocycles. The molecule has 0 atom stereocenters. The van der Waals surface area contributed by atoms with Gasteiger partial charge in [-0.25, -0.2) is 0 Å². The molecule has 4 rings (SSSR count). The molecule has 1 aliphatic heterocycles. The van der Waals surface area contributed by atoms with Gasteiger partial charge in [0.05, 0.1) is 17.8 Å². The molecule has 6 nitrogen and oxygen atoms in total. The van der Waals surface area contributed by atoms with Crippen molar-refractivity contribution in [2.75, 3.05) is 26.2 Å². The zero-order valence-corrected chi connectivity index (χ0v) is 16.0. The monoisotopic (exact) mass is 366 g/mol. The minimum atomic E-state index is 0.0666. The average Bonchev–Trinajstić information content (AvgIpc) is 3.47. The summed E-state index contributed by atoms with van der Waals surface area (Å²) in [6.07, 6.45) is 2.22. The summed E-state index contributed by atoms with van der Waals surface area (Å²) in [6.45, 7) is 6.66. The van der Waals surface area contributed by atoms with Crippen LogP contribution in [0.3, 0.4) is 0 Å². The molecule has 142 valence electrons. The molecular formula is C21H26N4O2. The van der Waals surface area contributed by atoms with Crippen LogP contribution in [0.15, 0.2) is 30.3 Å². The SMILES string of the molecule is CC(=O)N1CCN(C(=O)c2c(C3CC3)nn(Cc3ccccc3)c2C)CC1. The lowest BCUT2D eigenvalue weighted by atomic mass is 10.1. The summed E-state index contributed by atoms with van der Waals surface area (Å²) in [7, 11) is 0. The Kier molecular flexibility index (Phi) is 4.72. The van der Waals surface area contributed by atoms with E-state index >= 15 is 0 Å². The van der Waals surface area contributed by atoms with Crippen LogP contribution in [0.1, 0.15) is 53.0 Å². The number of amides is 2. The normalized spacial score (nSPS) is 17.3. The van der Waals surface area contributed by atoms with E-state index in [0.29, 0.717) is 38.6 Å². The van der Waals surface area contributed by atoms with Crippen molar-refractivity contribution in [3.63, 3.8) is 0 Å². The van der Waals surface area contributed by atoms with E-state index in [1.165, 1.54) is 5.56 Å². The molecule has 0 radical (unpaired) electrons. The number of nitrogens with zero attached hydrogens (tertiary/aromatic N) is 4. The number of benzene rings is 1. The highest BCUT2D eigenvalue weighted by atomic mass is 16.2. The van der Waals surface area contributed by atoms with Crippen LogP contribution in [0, 0.1) is 6.92 Å². The predicted molar refractivity (Wildman–Crippen MR) is 103 cm³/mol. The molecule has 0 spiro atoms. The summed E-state index contributed by atoms with van der Waals surface area (Å²) < 4.78 is 1.97. The molecule has 1 aliphatic carbocycles. The molecule has 6 heteroatoms. The second-order valence-corrected chi connectivity index (χ2v) is 7.56. The van der Waals surface area contributed by atoms with E-state index in [2.05, 4.69) is 12.1 Å². The predicted octanol–water partition coefficient (Wildman–Crippen LogP) is 2.42. The van der Waals surface area contributed by atoms with Crippen molar-refractivity contribution in [1.82, 2.24) is 19.6 Å².